The SMILES string of the molecule is CNC(=O)[C@@H](C)N(Cc1ccc(F)cc1)C(=O)CN(c1ccccc1F)S(=O)(=O)c1ccccc1. The molecule has 3 rings (SSSR count). The van der Waals surface area contributed by atoms with Gasteiger partial charge in [-0.2, -0.15) is 0 Å². The van der Waals surface area contributed by atoms with Gasteiger partial charge in [0.25, 0.3) is 10.0 Å². The summed E-state index contributed by atoms with van der Waals surface area (Å²) in [6.45, 7) is 0.629. The first-order chi connectivity index (χ1) is 16.6. The summed E-state index contributed by atoms with van der Waals surface area (Å²) >= 11 is 0. The van der Waals surface area contributed by atoms with Gasteiger partial charge in [-0.05, 0) is 48.9 Å². The van der Waals surface area contributed by atoms with Crippen LogP contribution in [0.4, 0.5) is 14.5 Å². The van der Waals surface area contributed by atoms with Crippen LogP contribution in [0.25, 0.3) is 0 Å². The maximum Gasteiger partial charge on any atom is 0.264 e. The minimum Gasteiger partial charge on any atom is -0.357 e. The van der Waals surface area contributed by atoms with E-state index >= 15 is 0 Å². The molecule has 1 atom stereocenters. The zero-order valence-electron chi connectivity index (χ0n) is 19.2. The Kier molecular flexibility index (Phi) is 8.18. The second-order valence-corrected chi connectivity index (χ2v) is 9.58. The number of carbonyl (C=O) groups excluding carboxylic acids is 2. The number of nitrogens with one attached hydrogen (secondary N) is 1. The van der Waals surface area contributed by atoms with Gasteiger partial charge in [-0.1, -0.05) is 42.5 Å². The minimum atomic E-state index is -4.34. The van der Waals surface area contributed by atoms with Gasteiger partial charge in [0.05, 0.1) is 10.6 Å². The first-order valence-electron chi connectivity index (χ1n) is 10.7. The summed E-state index contributed by atoms with van der Waals surface area (Å²) in [5, 5.41) is 2.46. The van der Waals surface area contributed by atoms with Crippen molar-refractivity contribution in [3.05, 3.63) is 96.1 Å². The number of rotatable bonds is 9. The van der Waals surface area contributed by atoms with Crippen LogP contribution in [0.2, 0.25) is 0 Å². The van der Waals surface area contributed by atoms with Crippen LogP contribution >= 0.6 is 0 Å². The first kappa shape index (κ1) is 25.8. The zero-order chi connectivity index (χ0) is 25.6. The second-order valence-electron chi connectivity index (χ2n) is 7.71. The van der Waals surface area contributed by atoms with E-state index in [0.717, 1.165) is 6.07 Å². The van der Waals surface area contributed by atoms with Crippen molar-refractivity contribution < 1.29 is 26.8 Å². The lowest BCUT2D eigenvalue weighted by Crippen LogP contribution is -2.50. The molecule has 0 radical (unpaired) electrons. The summed E-state index contributed by atoms with van der Waals surface area (Å²) in [5.41, 5.74) is 0.220. The van der Waals surface area contributed by atoms with Crippen molar-refractivity contribution in [2.75, 3.05) is 17.9 Å². The van der Waals surface area contributed by atoms with Crippen molar-refractivity contribution in [2.45, 2.75) is 24.4 Å². The number of hydrogen-bond donors (Lipinski definition) is 1. The van der Waals surface area contributed by atoms with E-state index in [-0.39, 0.29) is 17.1 Å². The van der Waals surface area contributed by atoms with Gasteiger partial charge in [0, 0.05) is 13.6 Å². The van der Waals surface area contributed by atoms with Crippen LogP contribution in [0, 0.1) is 11.6 Å². The third-order valence-electron chi connectivity index (χ3n) is 5.41. The standard InChI is InChI=1S/C25H25F2N3O4S/c1-18(25(32)28-2)29(16-19-12-14-20(26)15-13-19)24(31)17-30(23-11-7-6-10-22(23)27)35(33,34)21-8-4-3-5-9-21/h3-15,18H,16-17H2,1-2H3,(H,28,32)/t18-/m1/s1. The summed E-state index contributed by atoms with van der Waals surface area (Å²) < 4.78 is 55.7. The Morgan fingerprint density at radius 1 is 0.914 bits per heavy atom. The third kappa shape index (κ3) is 6.02. The number of likely N-dealkylation sites (N-methyl/N-ethyl adjacent to an activating group) is 1. The number of carbonyl (C=O) groups is 2. The van der Waals surface area contributed by atoms with Crippen LogP contribution in [-0.2, 0) is 26.2 Å². The minimum absolute atomic E-state index is 0.0931. The van der Waals surface area contributed by atoms with Gasteiger partial charge in [0.15, 0.2) is 0 Å². The van der Waals surface area contributed by atoms with Crippen molar-refractivity contribution in [1.29, 1.82) is 0 Å². The van der Waals surface area contributed by atoms with Crippen molar-refractivity contribution >= 4 is 27.5 Å². The Hall–Kier alpha value is -3.79. The molecular formula is C25H25F2N3O4S. The number of benzene rings is 3. The van der Waals surface area contributed by atoms with E-state index in [1.807, 2.05) is 0 Å². The normalized spacial score (nSPS) is 12.0. The molecule has 0 saturated heterocycles. The Morgan fingerprint density at radius 3 is 2.11 bits per heavy atom. The molecule has 0 fully saturated rings. The average Bonchev–Trinajstić information content (AvgIpc) is 2.86. The third-order valence-corrected chi connectivity index (χ3v) is 7.19. The molecule has 0 aromatic heterocycles. The topological polar surface area (TPSA) is 86.8 Å². The van der Waals surface area contributed by atoms with E-state index in [1.165, 1.54) is 85.6 Å². The largest absolute Gasteiger partial charge is 0.357 e. The highest BCUT2D eigenvalue weighted by molar-refractivity contribution is 7.92. The van der Waals surface area contributed by atoms with Crippen molar-refractivity contribution in [3.8, 4) is 0 Å². The van der Waals surface area contributed by atoms with E-state index < -0.39 is 46.1 Å². The maximum absolute atomic E-state index is 14.7. The highest BCUT2D eigenvalue weighted by Crippen LogP contribution is 2.26. The lowest BCUT2D eigenvalue weighted by atomic mass is 10.1. The molecule has 3 aromatic carbocycles. The molecule has 0 unspecified atom stereocenters. The molecule has 7 nitrogen and oxygen atoms in total. The van der Waals surface area contributed by atoms with Gasteiger partial charge in [0.2, 0.25) is 11.8 Å². The smallest absolute Gasteiger partial charge is 0.264 e. The van der Waals surface area contributed by atoms with Gasteiger partial charge in [-0.3, -0.25) is 13.9 Å². The Labute approximate surface area is 203 Å². The van der Waals surface area contributed by atoms with E-state index in [0.29, 0.717) is 9.87 Å². The quantitative estimate of drug-likeness (QED) is 0.487. The van der Waals surface area contributed by atoms with E-state index in [2.05, 4.69) is 5.32 Å². The fourth-order valence-electron chi connectivity index (χ4n) is 3.47. The lowest BCUT2D eigenvalue weighted by molar-refractivity contribution is -0.139. The number of anilines is 1. The molecule has 1 N–H and O–H groups in total. The van der Waals surface area contributed by atoms with Crippen molar-refractivity contribution in [3.63, 3.8) is 0 Å². The fraction of sp³-hybridized carbons (Fsp3) is 0.200. The zero-order valence-corrected chi connectivity index (χ0v) is 20.0. The molecule has 0 bridgehead atoms. The highest BCUT2D eigenvalue weighted by atomic mass is 32.2. The molecule has 10 heteroatoms. The molecule has 0 aliphatic heterocycles. The Morgan fingerprint density at radius 2 is 1.51 bits per heavy atom. The summed E-state index contributed by atoms with van der Waals surface area (Å²) in [6, 6.07) is 16.9. The molecule has 0 saturated carbocycles. The van der Waals surface area contributed by atoms with Crippen LogP contribution in [0.15, 0.2) is 83.8 Å². The summed E-state index contributed by atoms with van der Waals surface area (Å²) in [6.07, 6.45) is 0. The van der Waals surface area contributed by atoms with Crippen LogP contribution in [-0.4, -0.2) is 44.8 Å². The van der Waals surface area contributed by atoms with E-state index in [1.54, 1.807) is 6.07 Å². The fourth-order valence-corrected chi connectivity index (χ4v) is 4.91. The molecule has 0 aliphatic rings. The monoisotopic (exact) mass is 501 g/mol. The second kappa shape index (κ2) is 11.1. The van der Waals surface area contributed by atoms with E-state index in [4.69, 9.17) is 0 Å². The van der Waals surface area contributed by atoms with Gasteiger partial charge >= 0.3 is 0 Å². The van der Waals surface area contributed by atoms with E-state index in [9.17, 15) is 26.8 Å². The number of sulfonamides is 1. The van der Waals surface area contributed by atoms with Gasteiger partial charge in [0.1, 0.15) is 24.2 Å². The number of halogens is 2. The predicted molar refractivity (Wildman–Crippen MR) is 128 cm³/mol. The number of nitrogens with zero attached hydrogens (tertiary/aromatic N) is 2. The van der Waals surface area contributed by atoms with Crippen LogP contribution in [0.5, 0.6) is 0 Å². The van der Waals surface area contributed by atoms with Gasteiger partial charge in [-0.25, -0.2) is 17.2 Å². The molecule has 184 valence electrons. The van der Waals surface area contributed by atoms with Crippen LogP contribution in [0.3, 0.4) is 0 Å². The van der Waals surface area contributed by atoms with Gasteiger partial charge in [-0.15, -0.1) is 0 Å². The van der Waals surface area contributed by atoms with Crippen molar-refractivity contribution in [1.82, 2.24) is 10.2 Å². The first-order valence-corrected chi connectivity index (χ1v) is 12.2. The molecular weight excluding hydrogens is 476 g/mol. The van der Waals surface area contributed by atoms with Crippen LogP contribution < -0.4 is 9.62 Å². The summed E-state index contributed by atoms with van der Waals surface area (Å²) in [5.74, 6) is -2.52. The predicted octanol–water partition coefficient (Wildman–Crippen LogP) is 3.32. The lowest BCUT2D eigenvalue weighted by Gasteiger charge is -2.31. The molecule has 2 amide bonds. The number of para-hydroxylation sites is 1. The molecule has 0 heterocycles. The molecule has 35 heavy (non-hydrogen) atoms. The van der Waals surface area contributed by atoms with Crippen molar-refractivity contribution in [2.24, 2.45) is 0 Å². The maximum atomic E-state index is 14.7. The summed E-state index contributed by atoms with van der Waals surface area (Å²) in [4.78, 5) is 26.9. The van der Waals surface area contributed by atoms with Crippen LogP contribution in [0.1, 0.15) is 12.5 Å². The summed E-state index contributed by atoms with van der Waals surface area (Å²) in [7, 11) is -2.93. The average molecular weight is 502 g/mol. The van der Waals surface area contributed by atoms with Gasteiger partial charge < -0.3 is 10.2 Å². The number of hydrogen-bond acceptors (Lipinski definition) is 4. The Balaban J connectivity index is 2.03. The molecule has 0 spiro atoms. The molecule has 0 aliphatic carbocycles. The molecule has 3 aromatic rings. The highest BCUT2D eigenvalue weighted by Gasteiger charge is 2.33. The Bertz CT molecular complexity index is 1290. The number of amides is 2.